The van der Waals surface area contributed by atoms with Gasteiger partial charge in [-0.05, 0) is 36.9 Å². The van der Waals surface area contributed by atoms with Gasteiger partial charge >= 0.3 is 0 Å². The maximum absolute atomic E-state index is 10.3. The minimum Gasteiger partial charge on any atom is -0.497 e. The molecule has 0 saturated heterocycles. The Bertz CT molecular complexity index is 528. The van der Waals surface area contributed by atoms with Crippen LogP contribution in [0.1, 0.15) is 17.4 Å². The van der Waals surface area contributed by atoms with Gasteiger partial charge in [0.1, 0.15) is 5.75 Å². The van der Waals surface area contributed by atoms with Crippen LogP contribution in [0, 0.1) is 0 Å². The van der Waals surface area contributed by atoms with E-state index in [9.17, 15) is 5.11 Å². The van der Waals surface area contributed by atoms with Crippen molar-refractivity contribution in [3.8, 4) is 5.75 Å². The maximum atomic E-state index is 10.3. The molecule has 1 heterocycles. The molecule has 1 aromatic carbocycles. The van der Waals surface area contributed by atoms with Crippen LogP contribution in [0.4, 0.5) is 0 Å². The van der Waals surface area contributed by atoms with Crippen molar-refractivity contribution in [3.63, 3.8) is 0 Å². The molecule has 1 aromatic heterocycles. The summed E-state index contributed by atoms with van der Waals surface area (Å²) in [5, 5.41) is 10.3. The average Bonchev–Trinajstić information content (AvgIpc) is 2.54. The van der Waals surface area contributed by atoms with Gasteiger partial charge in [-0.2, -0.15) is 0 Å². The molecule has 0 radical (unpaired) electrons. The predicted octanol–water partition coefficient (Wildman–Crippen LogP) is 2.30. The molecular formula is C17H22N2O2. The Kier molecular flexibility index (Phi) is 5.72. The molecule has 4 heteroatoms. The summed E-state index contributed by atoms with van der Waals surface area (Å²) in [6.45, 7) is 1.46. The van der Waals surface area contributed by atoms with E-state index in [1.807, 2.05) is 55.7 Å². The van der Waals surface area contributed by atoms with Crippen molar-refractivity contribution in [1.82, 2.24) is 9.88 Å². The first-order chi connectivity index (χ1) is 10.2. The Morgan fingerprint density at radius 1 is 1.19 bits per heavy atom. The average molecular weight is 286 g/mol. The number of aromatic nitrogens is 1. The van der Waals surface area contributed by atoms with E-state index in [4.69, 9.17) is 4.74 Å². The third-order valence-corrected chi connectivity index (χ3v) is 3.46. The third-order valence-electron chi connectivity index (χ3n) is 3.46. The van der Waals surface area contributed by atoms with Crippen molar-refractivity contribution < 1.29 is 9.84 Å². The Morgan fingerprint density at radius 2 is 1.95 bits per heavy atom. The smallest absolute Gasteiger partial charge is 0.118 e. The van der Waals surface area contributed by atoms with Gasteiger partial charge in [0.25, 0.3) is 0 Å². The Labute approximate surface area is 126 Å². The highest BCUT2D eigenvalue weighted by Gasteiger charge is 2.11. The van der Waals surface area contributed by atoms with Crippen LogP contribution in [0.25, 0.3) is 0 Å². The second-order valence-corrected chi connectivity index (χ2v) is 5.12. The molecule has 1 atom stereocenters. The number of nitrogens with zero attached hydrogens (tertiary/aromatic N) is 2. The minimum atomic E-state index is -0.496. The molecule has 0 bridgehead atoms. The summed E-state index contributed by atoms with van der Waals surface area (Å²) in [6.07, 6.45) is 2.19. The summed E-state index contributed by atoms with van der Waals surface area (Å²) < 4.78 is 5.12. The van der Waals surface area contributed by atoms with E-state index in [2.05, 4.69) is 9.88 Å². The van der Waals surface area contributed by atoms with Crippen LogP contribution in [0.2, 0.25) is 0 Å². The Balaban J connectivity index is 1.82. The number of likely N-dealkylation sites (N-methyl/N-ethyl adjacent to an activating group) is 1. The lowest BCUT2D eigenvalue weighted by atomic mass is 10.1. The minimum absolute atomic E-state index is 0.496. The van der Waals surface area contributed by atoms with E-state index in [0.717, 1.165) is 30.0 Å². The van der Waals surface area contributed by atoms with E-state index >= 15 is 0 Å². The third kappa shape index (κ3) is 4.85. The van der Waals surface area contributed by atoms with Crippen molar-refractivity contribution in [3.05, 3.63) is 59.9 Å². The Hall–Kier alpha value is -1.91. The van der Waals surface area contributed by atoms with Crippen LogP contribution >= 0.6 is 0 Å². The maximum Gasteiger partial charge on any atom is 0.118 e. The summed E-state index contributed by atoms with van der Waals surface area (Å²) in [4.78, 5) is 6.42. The molecule has 0 saturated carbocycles. The molecule has 2 aromatic rings. The zero-order valence-electron chi connectivity index (χ0n) is 12.6. The van der Waals surface area contributed by atoms with Crippen LogP contribution in [0.15, 0.2) is 48.7 Å². The Morgan fingerprint density at radius 3 is 2.57 bits per heavy atom. The lowest BCUT2D eigenvalue weighted by Gasteiger charge is -2.20. The quantitative estimate of drug-likeness (QED) is 0.848. The van der Waals surface area contributed by atoms with E-state index < -0.39 is 6.10 Å². The highest BCUT2D eigenvalue weighted by molar-refractivity contribution is 5.28. The van der Waals surface area contributed by atoms with Crippen molar-refractivity contribution >= 4 is 0 Å². The van der Waals surface area contributed by atoms with Gasteiger partial charge < -0.3 is 14.7 Å². The number of hydrogen-bond acceptors (Lipinski definition) is 4. The topological polar surface area (TPSA) is 45.6 Å². The number of aliphatic hydroxyl groups excluding tert-OH is 1. The number of methoxy groups -OCH3 is 1. The summed E-state index contributed by atoms with van der Waals surface area (Å²) in [6, 6.07) is 13.5. The number of rotatable bonds is 7. The SMILES string of the molecule is COc1ccc(C(O)CN(C)CCc2ccccn2)cc1. The van der Waals surface area contributed by atoms with Crippen LogP contribution < -0.4 is 4.74 Å². The van der Waals surface area contributed by atoms with Crippen LogP contribution in [-0.4, -0.2) is 42.2 Å². The first-order valence-corrected chi connectivity index (χ1v) is 7.09. The number of benzene rings is 1. The van der Waals surface area contributed by atoms with Gasteiger partial charge in [0.05, 0.1) is 13.2 Å². The summed E-state index contributed by atoms with van der Waals surface area (Å²) in [7, 11) is 3.65. The lowest BCUT2D eigenvalue weighted by molar-refractivity contribution is 0.127. The zero-order chi connectivity index (χ0) is 15.1. The molecule has 21 heavy (non-hydrogen) atoms. The predicted molar refractivity (Wildman–Crippen MR) is 83.4 cm³/mol. The molecule has 1 unspecified atom stereocenters. The fourth-order valence-corrected chi connectivity index (χ4v) is 2.17. The normalized spacial score (nSPS) is 12.4. The van der Waals surface area contributed by atoms with E-state index in [-0.39, 0.29) is 0 Å². The number of aliphatic hydroxyl groups is 1. The van der Waals surface area contributed by atoms with Gasteiger partial charge in [-0.3, -0.25) is 4.98 Å². The molecule has 0 aliphatic carbocycles. The van der Waals surface area contributed by atoms with Gasteiger partial charge in [0.2, 0.25) is 0 Å². The number of pyridine rings is 1. The van der Waals surface area contributed by atoms with E-state index in [0.29, 0.717) is 6.54 Å². The molecule has 112 valence electrons. The molecular weight excluding hydrogens is 264 g/mol. The summed E-state index contributed by atoms with van der Waals surface area (Å²) in [5.41, 5.74) is 1.98. The van der Waals surface area contributed by atoms with Crippen molar-refractivity contribution in [2.75, 3.05) is 27.2 Å². The number of hydrogen-bond donors (Lipinski definition) is 1. The van der Waals surface area contributed by atoms with Gasteiger partial charge in [-0.25, -0.2) is 0 Å². The lowest BCUT2D eigenvalue weighted by Crippen LogP contribution is -2.27. The molecule has 0 fully saturated rings. The van der Waals surface area contributed by atoms with Gasteiger partial charge in [-0.15, -0.1) is 0 Å². The fourth-order valence-electron chi connectivity index (χ4n) is 2.17. The molecule has 2 rings (SSSR count). The van der Waals surface area contributed by atoms with Crippen molar-refractivity contribution in [1.29, 1.82) is 0 Å². The second-order valence-electron chi connectivity index (χ2n) is 5.12. The van der Waals surface area contributed by atoms with Gasteiger partial charge in [0, 0.05) is 31.4 Å². The monoisotopic (exact) mass is 286 g/mol. The molecule has 1 N–H and O–H groups in total. The molecule has 0 aliphatic heterocycles. The van der Waals surface area contributed by atoms with Gasteiger partial charge in [0.15, 0.2) is 0 Å². The van der Waals surface area contributed by atoms with Crippen LogP contribution in [0.3, 0.4) is 0 Å². The molecule has 4 nitrogen and oxygen atoms in total. The largest absolute Gasteiger partial charge is 0.497 e. The van der Waals surface area contributed by atoms with Crippen LogP contribution in [-0.2, 0) is 6.42 Å². The van der Waals surface area contributed by atoms with Crippen LogP contribution in [0.5, 0.6) is 5.75 Å². The van der Waals surface area contributed by atoms with E-state index in [1.54, 1.807) is 7.11 Å². The zero-order valence-corrected chi connectivity index (χ0v) is 12.6. The summed E-state index contributed by atoms with van der Waals surface area (Å²) >= 11 is 0. The fraction of sp³-hybridized carbons (Fsp3) is 0.353. The number of ether oxygens (including phenoxy) is 1. The van der Waals surface area contributed by atoms with Crippen molar-refractivity contribution in [2.45, 2.75) is 12.5 Å². The highest BCUT2D eigenvalue weighted by Crippen LogP contribution is 2.18. The molecule has 0 amide bonds. The summed E-state index contributed by atoms with van der Waals surface area (Å²) in [5.74, 6) is 0.800. The molecule has 0 spiro atoms. The first-order valence-electron chi connectivity index (χ1n) is 7.09. The van der Waals surface area contributed by atoms with Gasteiger partial charge in [-0.1, -0.05) is 18.2 Å². The second kappa shape index (κ2) is 7.76. The molecule has 0 aliphatic rings. The van der Waals surface area contributed by atoms with Crippen molar-refractivity contribution in [2.24, 2.45) is 0 Å². The van der Waals surface area contributed by atoms with E-state index in [1.165, 1.54) is 0 Å². The highest BCUT2D eigenvalue weighted by atomic mass is 16.5. The standard InChI is InChI=1S/C17H22N2O2/c1-19(12-10-15-5-3-4-11-18-15)13-17(20)14-6-8-16(21-2)9-7-14/h3-9,11,17,20H,10,12-13H2,1-2H3. The first kappa shape index (κ1) is 15.5.